The normalized spacial score (nSPS) is 22.2. The van der Waals surface area contributed by atoms with Crippen LogP contribution in [0.4, 0.5) is 0 Å². The van der Waals surface area contributed by atoms with E-state index in [0.29, 0.717) is 30.2 Å². The summed E-state index contributed by atoms with van der Waals surface area (Å²) in [5.74, 6) is -0.228. The molecule has 22 heavy (non-hydrogen) atoms. The van der Waals surface area contributed by atoms with Crippen LogP contribution >= 0.6 is 0 Å². The lowest BCUT2D eigenvalue weighted by atomic mass is 10.1. The van der Waals surface area contributed by atoms with E-state index in [1.165, 1.54) is 18.4 Å². The van der Waals surface area contributed by atoms with E-state index in [0.717, 1.165) is 0 Å². The van der Waals surface area contributed by atoms with Crippen LogP contribution in [0.1, 0.15) is 21.8 Å². The van der Waals surface area contributed by atoms with Crippen molar-refractivity contribution in [2.75, 3.05) is 33.1 Å². The van der Waals surface area contributed by atoms with Gasteiger partial charge in [0, 0.05) is 20.0 Å². The van der Waals surface area contributed by atoms with Gasteiger partial charge >= 0.3 is 0 Å². The molecule has 1 amide bonds. The van der Waals surface area contributed by atoms with E-state index in [-0.39, 0.29) is 23.6 Å². The number of aryl methyl sites for hydroxylation is 2. The molecule has 9 heteroatoms. The van der Waals surface area contributed by atoms with Gasteiger partial charge in [-0.25, -0.2) is 12.7 Å². The fraction of sp³-hybridized carbons (Fsp3) is 0.692. The Labute approximate surface area is 129 Å². The van der Waals surface area contributed by atoms with Crippen molar-refractivity contribution in [3.8, 4) is 0 Å². The van der Waals surface area contributed by atoms with Crippen LogP contribution in [0, 0.1) is 19.8 Å². The third-order valence-electron chi connectivity index (χ3n) is 3.76. The molecule has 1 fully saturated rings. The fourth-order valence-electron chi connectivity index (χ4n) is 2.39. The zero-order valence-corrected chi connectivity index (χ0v) is 13.9. The summed E-state index contributed by atoms with van der Waals surface area (Å²) in [7, 11) is -0.372. The average Bonchev–Trinajstić information content (AvgIpc) is 2.96. The minimum atomic E-state index is -3.35. The van der Waals surface area contributed by atoms with Gasteiger partial charge in [-0.2, -0.15) is 0 Å². The number of aromatic nitrogens is 1. The van der Waals surface area contributed by atoms with E-state index < -0.39 is 10.0 Å². The van der Waals surface area contributed by atoms with Gasteiger partial charge in [0.1, 0.15) is 11.3 Å². The second-order valence-electron chi connectivity index (χ2n) is 5.64. The van der Waals surface area contributed by atoms with Crippen molar-refractivity contribution in [1.29, 1.82) is 0 Å². The zero-order valence-electron chi connectivity index (χ0n) is 13.1. The number of hydrogen-bond donors (Lipinski definition) is 1. The van der Waals surface area contributed by atoms with E-state index in [4.69, 9.17) is 9.26 Å². The third-order valence-corrected chi connectivity index (χ3v) is 5.72. The summed E-state index contributed by atoms with van der Waals surface area (Å²) in [6.07, 6.45) is 0. The molecule has 0 radical (unpaired) electrons. The molecule has 2 atom stereocenters. The Hall–Kier alpha value is -1.45. The van der Waals surface area contributed by atoms with E-state index >= 15 is 0 Å². The second kappa shape index (κ2) is 6.35. The molecule has 1 aromatic heterocycles. The maximum atomic E-state index is 12.3. The van der Waals surface area contributed by atoms with Gasteiger partial charge in [-0.05, 0) is 13.8 Å². The number of carbonyl (C=O) groups is 1. The predicted molar refractivity (Wildman–Crippen MR) is 79.0 cm³/mol. The van der Waals surface area contributed by atoms with Gasteiger partial charge < -0.3 is 14.6 Å². The molecule has 8 nitrogen and oxygen atoms in total. The Morgan fingerprint density at radius 3 is 2.59 bits per heavy atom. The Morgan fingerprint density at radius 1 is 1.36 bits per heavy atom. The van der Waals surface area contributed by atoms with Crippen LogP contribution in [0.3, 0.4) is 0 Å². The third kappa shape index (κ3) is 3.47. The number of hydrogen-bond acceptors (Lipinski definition) is 6. The summed E-state index contributed by atoms with van der Waals surface area (Å²) in [6.45, 7) is 3.95. The summed E-state index contributed by atoms with van der Waals surface area (Å²) in [5.41, 5.74) is 0.896. The van der Waals surface area contributed by atoms with Crippen LogP contribution in [0.5, 0.6) is 0 Å². The van der Waals surface area contributed by atoms with E-state index in [1.54, 1.807) is 13.8 Å². The molecular formula is C13H21N3O5S. The first-order valence-corrected chi connectivity index (χ1v) is 8.55. The summed E-state index contributed by atoms with van der Waals surface area (Å²) in [5, 5.41) is 6.57. The first-order chi connectivity index (χ1) is 10.2. The van der Waals surface area contributed by atoms with Crippen LogP contribution in [0.2, 0.25) is 0 Å². The molecule has 0 aliphatic carbocycles. The van der Waals surface area contributed by atoms with Gasteiger partial charge in [0.05, 0.1) is 30.7 Å². The Bertz CT molecular complexity index is 633. The van der Waals surface area contributed by atoms with Crippen molar-refractivity contribution in [1.82, 2.24) is 14.8 Å². The van der Waals surface area contributed by atoms with E-state index in [9.17, 15) is 13.2 Å². The van der Waals surface area contributed by atoms with Crippen molar-refractivity contribution in [3.05, 3.63) is 17.0 Å². The molecule has 124 valence electrons. The van der Waals surface area contributed by atoms with Crippen LogP contribution < -0.4 is 5.32 Å². The number of rotatable bonds is 5. The molecular weight excluding hydrogens is 310 g/mol. The number of nitrogens with one attached hydrogen (secondary N) is 1. The zero-order chi connectivity index (χ0) is 16.5. The maximum Gasteiger partial charge on any atom is 0.257 e. The molecule has 0 aromatic carbocycles. The smallest absolute Gasteiger partial charge is 0.257 e. The summed E-state index contributed by atoms with van der Waals surface area (Å²) < 4.78 is 35.5. The number of carbonyl (C=O) groups excluding carboxylic acids is 1. The van der Waals surface area contributed by atoms with Crippen LogP contribution in [-0.2, 0) is 14.8 Å². The lowest BCUT2D eigenvalue weighted by Crippen LogP contribution is -2.43. The Kier molecular flexibility index (Phi) is 4.88. The average molecular weight is 331 g/mol. The topological polar surface area (TPSA) is 102 Å². The number of sulfonamides is 1. The first-order valence-electron chi connectivity index (χ1n) is 6.94. The highest BCUT2D eigenvalue weighted by Crippen LogP contribution is 2.19. The van der Waals surface area contributed by atoms with Crippen LogP contribution in [0.15, 0.2) is 4.52 Å². The van der Waals surface area contributed by atoms with Crippen LogP contribution in [-0.4, -0.2) is 62.9 Å². The molecule has 0 unspecified atom stereocenters. The van der Waals surface area contributed by atoms with Crippen molar-refractivity contribution < 1.29 is 22.5 Å². The second-order valence-corrected chi connectivity index (χ2v) is 7.87. The Balaban J connectivity index is 2.07. The van der Waals surface area contributed by atoms with Crippen LogP contribution in [0.25, 0.3) is 0 Å². The lowest BCUT2D eigenvalue weighted by molar-refractivity contribution is 0.0924. The Morgan fingerprint density at radius 2 is 2.05 bits per heavy atom. The van der Waals surface area contributed by atoms with E-state index in [2.05, 4.69) is 10.5 Å². The molecule has 2 heterocycles. The van der Waals surface area contributed by atoms with Gasteiger partial charge in [-0.3, -0.25) is 4.79 Å². The molecule has 1 N–H and O–H groups in total. The summed E-state index contributed by atoms with van der Waals surface area (Å²) in [4.78, 5) is 12.3. The largest absolute Gasteiger partial charge is 0.379 e. The van der Waals surface area contributed by atoms with Gasteiger partial charge in [0.15, 0.2) is 0 Å². The SMILES string of the molecule is Cc1noc(C)c1C(=O)N[C@H]1COC[C@H]1CS(=O)(=O)N(C)C. The summed E-state index contributed by atoms with van der Waals surface area (Å²) in [6, 6.07) is -0.351. The number of ether oxygens (including phenoxy) is 1. The molecule has 0 bridgehead atoms. The minimum absolute atomic E-state index is 0.0629. The lowest BCUT2D eigenvalue weighted by Gasteiger charge is -2.20. The highest BCUT2D eigenvalue weighted by atomic mass is 32.2. The van der Waals surface area contributed by atoms with Gasteiger partial charge in [-0.15, -0.1) is 0 Å². The summed E-state index contributed by atoms with van der Waals surface area (Å²) >= 11 is 0. The predicted octanol–water partition coefficient (Wildman–Crippen LogP) is -0.0724. The number of amides is 1. The quantitative estimate of drug-likeness (QED) is 0.810. The van der Waals surface area contributed by atoms with Gasteiger partial charge in [0.25, 0.3) is 5.91 Å². The maximum absolute atomic E-state index is 12.3. The standard InChI is InChI=1S/C13H21N3O5S/c1-8-12(9(2)21-15-8)13(17)14-11-6-20-5-10(11)7-22(18,19)16(3)4/h10-11H,5-7H2,1-4H3,(H,14,17)/t10-,11-/m0/s1. The van der Waals surface area contributed by atoms with Gasteiger partial charge in [-0.1, -0.05) is 5.16 Å². The first kappa shape index (κ1) is 16.9. The monoisotopic (exact) mass is 331 g/mol. The van der Waals surface area contributed by atoms with Crippen molar-refractivity contribution in [3.63, 3.8) is 0 Å². The van der Waals surface area contributed by atoms with Crippen molar-refractivity contribution in [2.45, 2.75) is 19.9 Å². The minimum Gasteiger partial charge on any atom is -0.379 e. The van der Waals surface area contributed by atoms with E-state index in [1.807, 2.05) is 0 Å². The van der Waals surface area contributed by atoms with Crippen molar-refractivity contribution in [2.24, 2.45) is 5.92 Å². The molecule has 1 saturated heterocycles. The van der Waals surface area contributed by atoms with Gasteiger partial charge in [0.2, 0.25) is 10.0 Å². The molecule has 1 aromatic rings. The molecule has 2 rings (SSSR count). The molecule has 0 saturated carbocycles. The van der Waals surface area contributed by atoms with Crippen molar-refractivity contribution >= 4 is 15.9 Å². The highest BCUT2D eigenvalue weighted by Gasteiger charge is 2.35. The number of nitrogens with zero attached hydrogens (tertiary/aromatic N) is 2. The fourth-order valence-corrected chi connectivity index (χ4v) is 3.56. The molecule has 0 spiro atoms. The molecule has 1 aliphatic rings. The molecule has 1 aliphatic heterocycles. The highest BCUT2D eigenvalue weighted by molar-refractivity contribution is 7.89.